The fourth-order valence-electron chi connectivity index (χ4n) is 3.13. The molecule has 0 aliphatic carbocycles. The summed E-state index contributed by atoms with van der Waals surface area (Å²) in [6.07, 6.45) is 0.118. The van der Waals surface area contributed by atoms with Crippen LogP contribution in [-0.2, 0) is 14.3 Å². The number of nitrogens with one attached hydrogen (secondary N) is 1. The third-order valence-electron chi connectivity index (χ3n) is 4.74. The standard InChI is InChI=1S/C20H21ClN2O4S/c1-4-27-20(26)17-11(2)12(3)28-19(17)22-18(25)13-9-16(24)23(10-13)15-7-5-14(21)6-8-15/h5-8,13H,4,9-10H2,1-3H3,(H,22,25). The summed E-state index contributed by atoms with van der Waals surface area (Å²) in [6, 6.07) is 6.93. The molecule has 2 heterocycles. The average Bonchev–Trinajstić information content (AvgIpc) is 3.16. The molecule has 8 heteroatoms. The van der Waals surface area contributed by atoms with E-state index in [1.807, 2.05) is 13.8 Å². The lowest BCUT2D eigenvalue weighted by Gasteiger charge is -2.16. The van der Waals surface area contributed by atoms with Gasteiger partial charge in [0.1, 0.15) is 5.00 Å². The molecule has 1 atom stereocenters. The van der Waals surface area contributed by atoms with Crippen molar-refractivity contribution in [1.29, 1.82) is 0 Å². The Morgan fingerprint density at radius 3 is 2.61 bits per heavy atom. The number of esters is 1. The lowest BCUT2D eigenvalue weighted by molar-refractivity contribution is -0.122. The molecule has 1 aliphatic rings. The Kier molecular flexibility index (Phi) is 6.05. The molecule has 28 heavy (non-hydrogen) atoms. The van der Waals surface area contributed by atoms with Crippen LogP contribution in [0.5, 0.6) is 0 Å². The summed E-state index contributed by atoms with van der Waals surface area (Å²) >= 11 is 7.23. The van der Waals surface area contributed by atoms with Crippen molar-refractivity contribution >= 4 is 51.4 Å². The predicted octanol–water partition coefficient (Wildman–Crippen LogP) is 4.19. The van der Waals surface area contributed by atoms with Crippen molar-refractivity contribution < 1.29 is 19.1 Å². The molecule has 0 radical (unpaired) electrons. The normalized spacial score (nSPS) is 16.4. The highest BCUT2D eigenvalue weighted by Gasteiger charge is 2.36. The first-order chi connectivity index (χ1) is 13.3. The number of halogens is 1. The van der Waals surface area contributed by atoms with Crippen LogP contribution in [0.25, 0.3) is 0 Å². The second-order valence-electron chi connectivity index (χ2n) is 6.58. The van der Waals surface area contributed by atoms with Crippen molar-refractivity contribution in [1.82, 2.24) is 0 Å². The van der Waals surface area contributed by atoms with Gasteiger partial charge in [0.25, 0.3) is 0 Å². The fraction of sp³-hybridized carbons (Fsp3) is 0.350. The number of hydrogen-bond donors (Lipinski definition) is 1. The summed E-state index contributed by atoms with van der Waals surface area (Å²) in [6.45, 7) is 5.99. The molecule has 0 bridgehead atoms. The van der Waals surface area contributed by atoms with Gasteiger partial charge in [-0.2, -0.15) is 0 Å². The van der Waals surface area contributed by atoms with Crippen LogP contribution in [0.15, 0.2) is 24.3 Å². The van der Waals surface area contributed by atoms with Gasteiger partial charge in [-0.05, 0) is 50.6 Å². The van der Waals surface area contributed by atoms with E-state index in [0.717, 1.165) is 10.4 Å². The Bertz CT molecular complexity index is 923. The van der Waals surface area contributed by atoms with E-state index in [2.05, 4.69) is 5.32 Å². The minimum atomic E-state index is -0.499. The van der Waals surface area contributed by atoms with Crippen molar-refractivity contribution in [3.63, 3.8) is 0 Å². The monoisotopic (exact) mass is 420 g/mol. The maximum absolute atomic E-state index is 12.8. The van der Waals surface area contributed by atoms with Crippen LogP contribution in [0.4, 0.5) is 10.7 Å². The van der Waals surface area contributed by atoms with Crippen molar-refractivity contribution in [3.8, 4) is 0 Å². The van der Waals surface area contributed by atoms with Crippen LogP contribution in [0.1, 0.15) is 34.1 Å². The largest absolute Gasteiger partial charge is 0.462 e. The number of carbonyl (C=O) groups excluding carboxylic acids is 3. The number of thiophene rings is 1. The summed E-state index contributed by atoms with van der Waals surface area (Å²) in [5, 5.41) is 3.89. The van der Waals surface area contributed by atoms with Crippen LogP contribution in [0.2, 0.25) is 5.02 Å². The number of nitrogens with zero attached hydrogens (tertiary/aromatic N) is 1. The SMILES string of the molecule is CCOC(=O)c1c(NC(=O)C2CC(=O)N(c3ccc(Cl)cc3)C2)sc(C)c1C. The minimum absolute atomic E-state index is 0.118. The summed E-state index contributed by atoms with van der Waals surface area (Å²) < 4.78 is 5.11. The zero-order valence-electron chi connectivity index (χ0n) is 15.9. The third-order valence-corrected chi connectivity index (χ3v) is 6.11. The molecule has 1 aromatic carbocycles. The minimum Gasteiger partial charge on any atom is -0.462 e. The number of ether oxygens (including phenoxy) is 1. The smallest absolute Gasteiger partial charge is 0.341 e. The van der Waals surface area contributed by atoms with Gasteiger partial charge >= 0.3 is 5.97 Å². The van der Waals surface area contributed by atoms with E-state index in [1.165, 1.54) is 11.3 Å². The molecule has 0 saturated carbocycles. The van der Waals surface area contributed by atoms with E-state index in [9.17, 15) is 14.4 Å². The van der Waals surface area contributed by atoms with Gasteiger partial charge in [0.15, 0.2) is 0 Å². The Labute approximate surface area is 172 Å². The van der Waals surface area contributed by atoms with E-state index in [0.29, 0.717) is 21.3 Å². The van der Waals surface area contributed by atoms with Gasteiger partial charge in [-0.1, -0.05) is 11.6 Å². The van der Waals surface area contributed by atoms with Gasteiger partial charge in [0, 0.05) is 28.6 Å². The van der Waals surface area contributed by atoms with Crippen molar-refractivity contribution in [2.24, 2.45) is 5.92 Å². The van der Waals surface area contributed by atoms with E-state index in [1.54, 1.807) is 36.1 Å². The van der Waals surface area contributed by atoms with Gasteiger partial charge in [-0.3, -0.25) is 9.59 Å². The molecule has 1 aliphatic heterocycles. The Balaban J connectivity index is 1.76. The summed E-state index contributed by atoms with van der Waals surface area (Å²) in [5.74, 6) is -1.35. The van der Waals surface area contributed by atoms with Gasteiger partial charge in [0.2, 0.25) is 11.8 Å². The molecule has 6 nitrogen and oxygen atoms in total. The van der Waals surface area contributed by atoms with Gasteiger partial charge in [0.05, 0.1) is 18.1 Å². The first kappa shape index (κ1) is 20.4. The van der Waals surface area contributed by atoms with E-state index < -0.39 is 11.9 Å². The first-order valence-corrected chi connectivity index (χ1v) is 10.1. The maximum Gasteiger partial charge on any atom is 0.341 e. The van der Waals surface area contributed by atoms with Gasteiger partial charge in [-0.25, -0.2) is 4.79 Å². The Morgan fingerprint density at radius 2 is 1.96 bits per heavy atom. The number of hydrogen-bond acceptors (Lipinski definition) is 5. The number of benzene rings is 1. The number of carbonyl (C=O) groups is 3. The fourth-order valence-corrected chi connectivity index (χ4v) is 4.31. The zero-order valence-corrected chi connectivity index (χ0v) is 17.4. The predicted molar refractivity (Wildman–Crippen MR) is 110 cm³/mol. The number of rotatable bonds is 5. The van der Waals surface area contributed by atoms with Crippen LogP contribution >= 0.6 is 22.9 Å². The summed E-state index contributed by atoms with van der Waals surface area (Å²) in [7, 11) is 0. The summed E-state index contributed by atoms with van der Waals surface area (Å²) in [5.41, 5.74) is 1.89. The second-order valence-corrected chi connectivity index (χ2v) is 8.24. The lowest BCUT2D eigenvalue weighted by Crippen LogP contribution is -2.28. The van der Waals surface area contributed by atoms with Crippen molar-refractivity contribution in [2.45, 2.75) is 27.2 Å². The quantitative estimate of drug-likeness (QED) is 0.736. The molecule has 1 unspecified atom stereocenters. The van der Waals surface area contributed by atoms with Crippen molar-refractivity contribution in [2.75, 3.05) is 23.4 Å². The zero-order chi connectivity index (χ0) is 20.4. The molecular formula is C20H21ClN2O4S. The number of anilines is 2. The third kappa shape index (κ3) is 4.05. The molecule has 2 amide bonds. The van der Waals surface area contributed by atoms with E-state index >= 15 is 0 Å². The Morgan fingerprint density at radius 1 is 1.29 bits per heavy atom. The summed E-state index contributed by atoms with van der Waals surface area (Å²) in [4.78, 5) is 40.0. The highest BCUT2D eigenvalue weighted by Crippen LogP contribution is 2.34. The molecule has 2 aromatic rings. The molecule has 0 spiro atoms. The van der Waals surface area contributed by atoms with E-state index in [-0.39, 0.29) is 31.4 Å². The van der Waals surface area contributed by atoms with Gasteiger partial charge < -0.3 is 15.0 Å². The van der Waals surface area contributed by atoms with Crippen molar-refractivity contribution in [3.05, 3.63) is 45.3 Å². The van der Waals surface area contributed by atoms with Crippen LogP contribution in [-0.4, -0.2) is 30.9 Å². The lowest BCUT2D eigenvalue weighted by atomic mass is 10.1. The van der Waals surface area contributed by atoms with Crippen LogP contribution < -0.4 is 10.2 Å². The second kappa shape index (κ2) is 8.32. The molecular weight excluding hydrogens is 400 g/mol. The average molecular weight is 421 g/mol. The number of aryl methyl sites for hydroxylation is 1. The Hall–Kier alpha value is -2.38. The molecule has 1 saturated heterocycles. The van der Waals surface area contributed by atoms with Gasteiger partial charge in [-0.15, -0.1) is 11.3 Å². The maximum atomic E-state index is 12.8. The molecule has 3 rings (SSSR count). The first-order valence-electron chi connectivity index (χ1n) is 8.95. The molecule has 148 valence electrons. The van der Waals surface area contributed by atoms with Crippen LogP contribution in [0, 0.1) is 19.8 Å². The molecule has 1 fully saturated rings. The van der Waals surface area contributed by atoms with E-state index in [4.69, 9.17) is 16.3 Å². The molecule has 1 aromatic heterocycles. The molecule has 1 N–H and O–H groups in total. The highest BCUT2D eigenvalue weighted by molar-refractivity contribution is 7.16. The number of amides is 2. The van der Waals surface area contributed by atoms with Crippen LogP contribution in [0.3, 0.4) is 0 Å². The topological polar surface area (TPSA) is 75.7 Å². The highest BCUT2D eigenvalue weighted by atomic mass is 35.5.